The average Bonchev–Trinajstić information content (AvgIpc) is 2.46. The second-order valence-electron chi connectivity index (χ2n) is 8.84. The first kappa shape index (κ1) is 15.3. The lowest BCUT2D eigenvalue weighted by Crippen LogP contribution is -2.51. The molecule has 0 amide bonds. The molecule has 1 nitrogen and oxygen atoms in total. The largest absolute Gasteiger partial charge is 0.396 e. The standard InChI is InChI=1S/C20H32O/c1-5-18(2)12-9-16-15(13-18)7-8-17-19(3,14-21)10-6-11-20(16,17)4/h5,9,15,17,21H,1,6-8,10-14H2,2-4H3/t15-,17+,18+,19-,20-/m0/s1. The highest BCUT2D eigenvalue weighted by Gasteiger charge is 2.54. The molecule has 1 N–H and O–H groups in total. The van der Waals surface area contributed by atoms with Crippen LogP contribution in [0.4, 0.5) is 0 Å². The Morgan fingerprint density at radius 2 is 2.05 bits per heavy atom. The molecule has 2 saturated carbocycles. The number of aliphatic hydroxyl groups excluding tert-OH is 1. The molecule has 0 aromatic heterocycles. The topological polar surface area (TPSA) is 20.2 Å². The van der Waals surface area contributed by atoms with Gasteiger partial charge in [-0.15, -0.1) is 6.58 Å². The fourth-order valence-corrected chi connectivity index (χ4v) is 5.94. The minimum absolute atomic E-state index is 0.137. The SMILES string of the molecule is C=C[C@]1(C)CC=C2[C@@H](CC[C@@H]3[C@](C)(CO)CCC[C@@]23C)C1. The molecule has 118 valence electrons. The molecule has 0 heterocycles. The molecule has 0 aromatic carbocycles. The van der Waals surface area contributed by atoms with Gasteiger partial charge in [0.2, 0.25) is 0 Å². The van der Waals surface area contributed by atoms with E-state index in [0.29, 0.717) is 23.4 Å². The third kappa shape index (κ3) is 2.23. The molecule has 2 fully saturated rings. The molecule has 3 rings (SSSR count). The van der Waals surface area contributed by atoms with Crippen LogP contribution in [0.25, 0.3) is 0 Å². The highest BCUT2D eigenvalue weighted by molar-refractivity contribution is 5.28. The number of rotatable bonds is 2. The van der Waals surface area contributed by atoms with E-state index >= 15 is 0 Å². The number of aliphatic hydroxyl groups is 1. The maximum absolute atomic E-state index is 9.99. The molecule has 1 heteroatoms. The third-order valence-corrected chi connectivity index (χ3v) is 7.31. The van der Waals surface area contributed by atoms with Crippen LogP contribution in [0.1, 0.15) is 65.7 Å². The minimum Gasteiger partial charge on any atom is -0.396 e. The molecular weight excluding hydrogens is 256 g/mol. The van der Waals surface area contributed by atoms with Crippen LogP contribution < -0.4 is 0 Å². The van der Waals surface area contributed by atoms with Crippen molar-refractivity contribution < 1.29 is 5.11 Å². The van der Waals surface area contributed by atoms with Gasteiger partial charge < -0.3 is 5.11 Å². The Morgan fingerprint density at radius 1 is 1.29 bits per heavy atom. The summed E-state index contributed by atoms with van der Waals surface area (Å²) in [7, 11) is 0. The predicted molar refractivity (Wildman–Crippen MR) is 89.0 cm³/mol. The number of hydrogen-bond donors (Lipinski definition) is 1. The zero-order chi connectivity index (χ0) is 15.3. The Bertz CT molecular complexity index is 464. The van der Waals surface area contributed by atoms with E-state index in [1.54, 1.807) is 5.57 Å². The van der Waals surface area contributed by atoms with Crippen molar-refractivity contribution in [3.8, 4) is 0 Å². The highest BCUT2D eigenvalue weighted by Crippen LogP contribution is 2.63. The zero-order valence-electron chi connectivity index (χ0n) is 14.1. The van der Waals surface area contributed by atoms with Crippen molar-refractivity contribution in [2.24, 2.45) is 28.1 Å². The Labute approximate surface area is 130 Å². The van der Waals surface area contributed by atoms with Crippen LogP contribution in [-0.4, -0.2) is 11.7 Å². The summed E-state index contributed by atoms with van der Waals surface area (Å²) in [5.74, 6) is 1.42. The minimum atomic E-state index is 0.137. The van der Waals surface area contributed by atoms with Crippen LogP contribution in [0.3, 0.4) is 0 Å². The monoisotopic (exact) mass is 288 g/mol. The van der Waals surface area contributed by atoms with Crippen molar-refractivity contribution in [3.05, 3.63) is 24.3 Å². The van der Waals surface area contributed by atoms with Gasteiger partial charge in [-0.2, -0.15) is 0 Å². The van der Waals surface area contributed by atoms with Crippen LogP contribution in [0, 0.1) is 28.1 Å². The van der Waals surface area contributed by atoms with Gasteiger partial charge in [-0.1, -0.05) is 44.9 Å². The van der Waals surface area contributed by atoms with Gasteiger partial charge in [0, 0.05) is 6.61 Å². The van der Waals surface area contributed by atoms with Crippen molar-refractivity contribution in [1.29, 1.82) is 0 Å². The Morgan fingerprint density at radius 3 is 2.71 bits per heavy atom. The Balaban J connectivity index is 1.96. The van der Waals surface area contributed by atoms with Gasteiger partial charge in [0.05, 0.1) is 0 Å². The zero-order valence-corrected chi connectivity index (χ0v) is 14.1. The Kier molecular flexibility index (Phi) is 3.64. The summed E-state index contributed by atoms with van der Waals surface area (Å²) in [6.07, 6.45) is 13.6. The van der Waals surface area contributed by atoms with E-state index in [1.165, 1.54) is 38.5 Å². The summed E-state index contributed by atoms with van der Waals surface area (Å²) in [5.41, 5.74) is 2.50. The quantitative estimate of drug-likeness (QED) is 0.700. The lowest BCUT2D eigenvalue weighted by Gasteiger charge is -2.59. The smallest absolute Gasteiger partial charge is 0.0487 e. The average molecular weight is 288 g/mol. The first-order chi connectivity index (χ1) is 9.87. The maximum atomic E-state index is 9.99. The summed E-state index contributed by atoms with van der Waals surface area (Å²) in [6, 6.07) is 0. The number of fused-ring (bicyclic) bond motifs is 3. The molecule has 0 radical (unpaired) electrons. The molecule has 21 heavy (non-hydrogen) atoms. The van der Waals surface area contributed by atoms with Gasteiger partial charge >= 0.3 is 0 Å². The van der Waals surface area contributed by atoms with Gasteiger partial charge in [-0.05, 0) is 66.6 Å². The second kappa shape index (κ2) is 4.98. The molecule has 0 aliphatic heterocycles. The van der Waals surface area contributed by atoms with E-state index in [4.69, 9.17) is 0 Å². The fraction of sp³-hybridized carbons (Fsp3) is 0.800. The van der Waals surface area contributed by atoms with Crippen LogP contribution in [0.5, 0.6) is 0 Å². The molecular formula is C20H32O. The van der Waals surface area contributed by atoms with Crippen molar-refractivity contribution in [2.45, 2.75) is 65.7 Å². The van der Waals surface area contributed by atoms with Crippen molar-refractivity contribution in [2.75, 3.05) is 6.61 Å². The number of allylic oxidation sites excluding steroid dienone is 3. The van der Waals surface area contributed by atoms with Crippen LogP contribution in [0.2, 0.25) is 0 Å². The maximum Gasteiger partial charge on any atom is 0.0487 e. The molecule has 3 aliphatic carbocycles. The van der Waals surface area contributed by atoms with Crippen LogP contribution in [-0.2, 0) is 0 Å². The van der Waals surface area contributed by atoms with Crippen molar-refractivity contribution in [3.63, 3.8) is 0 Å². The first-order valence-electron chi connectivity index (χ1n) is 8.82. The van der Waals surface area contributed by atoms with Gasteiger partial charge in [-0.25, -0.2) is 0 Å². The van der Waals surface area contributed by atoms with Crippen LogP contribution >= 0.6 is 0 Å². The molecule has 0 saturated heterocycles. The van der Waals surface area contributed by atoms with Crippen molar-refractivity contribution >= 4 is 0 Å². The van der Waals surface area contributed by atoms with E-state index in [0.717, 1.165) is 12.3 Å². The van der Waals surface area contributed by atoms with E-state index in [9.17, 15) is 5.11 Å². The molecule has 0 bridgehead atoms. The summed E-state index contributed by atoms with van der Waals surface area (Å²) in [6.45, 7) is 11.6. The third-order valence-electron chi connectivity index (χ3n) is 7.31. The fourth-order valence-electron chi connectivity index (χ4n) is 5.94. The Hall–Kier alpha value is -0.560. The molecule has 0 aromatic rings. The summed E-state index contributed by atoms with van der Waals surface area (Å²) in [5, 5.41) is 9.99. The van der Waals surface area contributed by atoms with Gasteiger partial charge in [0.1, 0.15) is 0 Å². The second-order valence-corrected chi connectivity index (χ2v) is 8.84. The molecule has 0 unspecified atom stereocenters. The normalized spacial score (nSPS) is 49.8. The van der Waals surface area contributed by atoms with Crippen molar-refractivity contribution in [1.82, 2.24) is 0 Å². The van der Waals surface area contributed by atoms with E-state index < -0.39 is 0 Å². The van der Waals surface area contributed by atoms with Gasteiger partial charge in [0.15, 0.2) is 0 Å². The van der Waals surface area contributed by atoms with Gasteiger partial charge in [0.25, 0.3) is 0 Å². The predicted octanol–water partition coefficient (Wildman–Crippen LogP) is 5.11. The molecule has 0 spiro atoms. The highest BCUT2D eigenvalue weighted by atomic mass is 16.3. The summed E-state index contributed by atoms with van der Waals surface area (Å²) < 4.78 is 0. The lowest BCUT2D eigenvalue weighted by atomic mass is 9.46. The summed E-state index contributed by atoms with van der Waals surface area (Å²) >= 11 is 0. The number of hydrogen-bond acceptors (Lipinski definition) is 1. The van der Waals surface area contributed by atoms with E-state index in [-0.39, 0.29) is 5.41 Å². The summed E-state index contributed by atoms with van der Waals surface area (Å²) in [4.78, 5) is 0. The molecule has 5 atom stereocenters. The van der Waals surface area contributed by atoms with E-state index in [2.05, 4.69) is 39.5 Å². The van der Waals surface area contributed by atoms with Gasteiger partial charge in [-0.3, -0.25) is 0 Å². The van der Waals surface area contributed by atoms with E-state index in [1.807, 2.05) is 0 Å². The molecule has 3 aliphatic rings. The van der Waals surface area contributed by atoms with Crippen LogP contribution in [0.15, 0.2) is 24.3 Å². The lowest BCUT2D eigenvalue weighted by molar-refractivity contribution is -0.0558. The first-order valence-corrected chi connectivity index (χ1v) is 8.82.